The van der Waals surface area contributed by atoms with Crippen LogP contribution in [-0.2, 0) is 6.54 Å². The van der Waals surface area contributed by atoms with Crippen molar-refractivity contribution >= 4 is 11.3 Å². The second kappa shape index (κ2) is 5.51. The van der Waals surface area contributed by atoms with E-state index in [0.717, 1.165) is 19.0 Å². The average molecular weight is 252 g/mol. The molecule has 2 rings (SSSR count). The van der Waals surface area contributed by atoms with E-state index < -0.39 is 0 Å². The van der Waals surface area contributed by atoms with E-state index in [-0.39, 0.29) is 0 Å². The predicted molar refractivity (Wildman–Crippen MR) is 75.5 cm³/mol. The van der Waals surface area contributed by atoms with Crippen molar-refractivity contribution in [1.29, 1.82) is 0 Å². The van der Waals surface area contributed by atoms with E-state index in [4.69, 9.17) is 0 Å². The summed E-state index contributed by atoms with van der Waals surface area (Å²) in [6.45, 7) is 11.4. The lowest BCUT2D eigenvalue weighted by Crippen LogP contribution is -2.40. The van der Waals surface area contributed by atoms with Gasteiger partial charge in [-0.2, -0.15) is 0 Å². The lowest BCUT2D eigenvalue weighted by atomic mass is 9.76. The first-order chi connectivity index (χ1) is 8.12. The van der Waals surface area contributed by atoms with Gasteiger partial charge in [0, 0.05) is 29.4 Å². The summed E-state index contributed by atoms with van der Waals surface area (Å²) < 4.78 is 0. The Morgan fingerprint density at radius 1 is 1.47 bits per heavy atom. The Hall–Kier alpha value is -0.380. The molecule has 0 bridgehead atoms. The van der Waals surface area contributed by atoms with Crippen LogP contribution in [0, 0.1) is 18.3 Å². The second-order valence-corrected chi connectivity index (χ2v) is 6.93. The van der Waals surface area contributed by atoms with Gasteiger partial charge < -0.3 is 10.6 Å². The predicted octanol–water partition coefficient (Wildman–Crippen LogP) is 2.78. The monoisotopic (exact) mass is 252 g/mol. The second-order valence-electron chi connectivity index (χ2n) is 5.56. The first-order valence-electron chi connectivity index (χ1n) is 6.59. The molecular weight excluding hydrogens is 228 g/mol. The number of hydrogen-bond donors (Lipinski definition) is 2. The van der Waals surface area contributed by atoms with E-state index in [1.165, 1.54) is 29.3 Å². The molecule has 1 aliphatic rings. The molecule has 1 atom stereocenters. The van der Waals surface area contributed by atoms with Crippen LogP contribution in [0.25, 0.3) is 0 Å². The van der Waals surface area contributed by atoms with Gasteiger partial charge in [0.2, 0.25) is 0 Å². The van der Waals surface area contributed by atoms with Crippen molar-refractivity contribution in [2.24, 2.45) is 11.3 Å². The summed E-state index contributed by atoms with van der Waals surface area (Å²) in [5, 5.41) is 7.16. The van der Waals surface area contributed by atoms with Gasteiger partial charge in [0.15, 0.2) is 0 Å². The average Bonchev–Trinajstić information content (AvgIpc) is 2.89. The van der Waals surface area contributed by atoms with E-state index in [1.54, 1.807) is 0 Å². The van der Waals surface area contributed by atoms with Crippen LogP contribution in [-0.4, -0.2) is 19.6 Å². The van der Waals surface area contributed by atoms with Gasteiger partial charge in [0.1, 0.15) is 0 Å². The van der Waals surface area contributed by atoms with Crippen molar-refractivity contribution < 1.29 is 0 Å². The molecule has 0 aliphatic carbocycles. The van der Waals surface area contributed by atoms with Crippen LogP contribution in [0.2, 0.25) is 0 Å². The normalized spacial score (nSPS) is 24.7. The van der Waals surface area contributed by atoms with E-state index in [1.807, 2.05) is 11.3 Å². The first-order valence-corrected chi connectivity index (χ1v) is 7.41. The molecule has 0 radical (unpaired) electrons. The zero-order valence-corrected chi connectivity index (χ0v) is 12.0. The van der Waals surface area contributed by atoms with Crippen LogP contribution in [0.5, 0.6) is 0 Å². The van der Waals surface area contributed by atoms with E-state index in [0.29, 0.717) is 5.41 Å². The third-order valence-electron chi connectivity index (χ3n) is 4.07. The third kappa shape index (κ3) is 3.09. The highest BCUT2D eigenvalue weighted by molar-refractivity contribution is 7.11. The fraction of sp³-hybridized carbons (Fsp3) is 0.714. The Morgan fingerprint density at radius 2 is 2.29 bits per heavy atom. The zero-order valence-electron chi connectivity index (χ0n) is 11.2. The highest BCUT2D eigenvalue weighted by Crippen LogP contribution is 2.33. The quantitative estimate of drug-likeness (QED) is 0.842. The summed E-state index contributed by atoms with van der Waals surface area (Å²) in [5.74, 6) is 0.745. The van der Waals surface area contributed by atoms with Gasteiger partial charge in [-0.25, -0.2) is 0 Å². The number of hydrogen-bond acceptors (Lipinski definition) is 3. The molecule has 1 saturated heterocycles. The van der Waals surface area contributed by atoms with Gasteiger partial charge in [0.25, 0.3) is 0 Å². The van der Waals surface area contributed by atoms with Gasteiger partial charge in [0.05, 0.1) is 0 Å². The Labute approximate surface area is 109 Å². The fourth-order valence-electron chi connectivity index (χ4n) is 2.63. The molecule has 0 saturated carbocycles. The highest BCUT2D eigenvalue weighted by atomic mass is 32.1. The molecule has 2 N–H and O–H groups in total. The van der Waals surface area contributed by atoms with E-state index in [9.17, 15) is 0 Å². The van der Waals surface area contributed by atoms with Crippen molar-refractivity contribution in [2.45, 2.75) is 33.7 Å². The summed E-state index contributed by atoms with van der Waals surface area (Å²) >= 11 is 1.90. The topological polar surface area (TPSA) is 24.1 Å². The summed E-state index contributed by atoms with van der Waals surface area (Å²) in [6, 6.07) is 4.44. The number of aryl methyl sites for hydroxylation is 1. The summed E-state index contributed by atoms with van der Waals surface area (Å²) in [5.41, 5.74) is 0.465. The third-order valence-corrected chi connectivity index (χ3v) is 5.07. The maximum atomic E-state index is 3.65. The van der Waals surface area contributed by atoms with Crippen molar-refractivity contribution in [3.05, 3.63) is 21.9 Å². The highest BCUT2D eigenvalue weighted by Gasteiger charge is 2.36. The lowest BCUT2D eigenvalue weighted by Gasteiger charge is -2.33. The van der Waals surface area contributed by atoms with Gasteiger partial charge in [-0.1, -0.05) is 13.8 Å². The molecule has 1 aliphatic heterocycles. The molecule has 0 amide bonds. The van der Waals surface area contributed by atoms with Crippen LogP contribution in [0.15, 0.2) is 12.1 Å². The van der Waals surface area contributed by atoms with Crippen molar-refractivity contribution in [3.8, 4) is 0 Å². The molecule has 96 valence electrons. The number of thiophene rings is 1. The maximum absolute atomic E-state index is 3.65. The van der Waals surface area contributed by atoms with Crippen LogP contribution in [0.4, 0.5) is 0 Å². The Bertz CT molecular complexity index is 351. The molecule has 1 unspecified atom stereocenters. The fourth-order valence-corrected chi connectivity index (χ4v) is 3.49. The minimum absolute atomic E-state index is 0.465. The molecule has 17 heavy (non-hydrogen) atoms. The van der Waals surface area contributed by atoms with Gasteiger partial charge in [-0.15, -0.1) is 11.3 Å². The lowest BCUT2D eigenvalue weighted by molar-refractivity contribution is 0.208. The van der Waals surface area contributed by atoms with Gasteiger partial charge in [-0.05, 0) is 43.4 Å². The first kappa shape index (κ1) is 13.1. The van der Waals surface area contributed by atoms with Crippen LogP contribution in [0.3, 0.4) is 0 Å². The largest absolute Gasteiger partial charge is 0.316 e. The van der Waals surface area contributed by atoms with Gasteiger partial charge >= 0.3 is 0 Å². The SMILES string of the molecule is Cc1ccc(CNCC2(C(C)C)CCNC2)s1. The number of rotatable bonds is 5. The molecule has 1 aromatic rings. The van der Waals surface area contributed by atoms with Crippen molar-refractivity contribution in [2.75, 3.05) is 19.6 Å². The Morgan fingerprint density at radius 3 is 2.82 bits per heavy atom. The van der Waals surface area contributed by atoms with Crippen molar-refractivity contribution in [1.82, 2.24) is 10.6 Å². The van der Waals surface area contributed by atoms with Crippen LogP contribution >= 0.6 is 11.3 Å². The van der Waals surface area contributed by atoms with Crippen LogP contribution < -0.4 is 10.6 Å². The summed E-state index contributed by atoms with van der Waals surface area (Å²) in [6.07, 6.45) is 1.31. The van der Waals surface area contributed by atoms with Crippen LogP contribution in [0.1, 0.15) is 30.0 Å². The Balaban J connectivity index is 1.84. The summed E-state index contributed by atoms with van der Waals surface area (Å²) in [4.78, 5) is 2.86. The van der Waals surface area contributed by atoms with Gasteiger partial charge in [-0.3, -0.25) is 0 Å². The number of nitrogens with one attached hydrogen (secondary N) is 2. The molecule has 1 aromatic heterocycles. The molecular formula is C14H24N2S. The minimum atomic E-state index is 0.465. The summed E-state index contributed by atoms with van der Waals surface area (Å²) in [7, 11) is 0. The van der Waals surface area contributed by atoms with E-state index in [2.05, 4.69) is 43.5 Å². The molecule has 3 heteroatoms. The van der Waals surface area contributed by atoms with E-state index >= 15 is 0 Å². The smallest absolute Gasteiger partial charge is 0.0300 e. The maximum Gasteiger partial charge on any atom is 0.0300 e. The molecule has 2 nitrogen and oxygen atoms in total. The zero-order chi connectivity index (χ0) is 12.3. The standard InChI is InChI=1S/C14H24N2S/c1-11(2)14(6-7-15-9-14)10-16-8-13-5-4-12(3)17-13/h4-5,11,15-16H,6-10H2,1-3H3. The molecule has 1 fully saturated rings. The molecule has 0 spiro atoms. The Kier molecular flexibility index (Phi) is 4.23. The minimum Gasteiger partial charge on any atom is -0.316 e. The van der Waals surface area contributed by atoms with Crippen molar-refractivity contribution in [3.63, 3.8) is 0 Å². The molecule has 0 aromatic carbocycles. The molecule has 2 heterocycles.